The lowest BCUT2D eigenvalue weighted by Gasteiger charge is -1.88. The van der Waals surface area contributed by atoms with Crippen LogP contribution in [0, 0.1) is 12.0 Å². The molecule has 70 valence electrons. The molecule has 0 heterocycles. The van der Waals surface area contributed by atoms with Crippen LogP contribution in [0.5, 0.6) is 0 Å². The third-order valence-electron chi connectivity index (χ3n) is 1.40. The van der Waals surface area contributed by atoms with E-state index in [1.807, 2.05) is 18.2 Å². The van der Waals surface area contributed by atoms with E-state index in [0.717, 1.165) is 12.5 Å². The van der Waals surface area contributed by atoms with Gasteiger partial charge in [-0.1, -0.05) is 18.2 Å². The highest BCUT2D eigenvalue weighted by molar-refractivity contribution is 6.32. The van der Waals surface area contributed by atoms with Gasteiger partial charge in [0.05, 0.1) is 0 Å². The molecule has 0 atom stereocenters. The van der Waals surface area contributed by atoms with Crippen molar-refractivity contribution >= 4 is 11.8 Å². The summed E-state index contributed by atoms with van der Waals surface area (Å²) in [5, 5.41) is 0. The Morgan fingerprint density at radius 3 is 2.43 bits per heavy atom. The van der Waals surface area contributed by atoms with E-state index in [1.54, 1.807) is 12.1 Å². The van der Waals surface area contributed by atoms with E-state index in [0.29, 0.717) is 0 Å². The van der Waals surface area contributed by atoms with Gasteiger partial charge in [-0.05, 0) is 18.1 Å². The zero-order valence-electron chi connectivity index (χ0n) is 7.61. The van der Waals surface area contributed by atoms with Gasteiger partial charge in [-0.2, -0.15) is 0 Å². The second kappa shape index (κ2) is 4.83. The number of carbonyl (C=O) groups is 2. The van der Waals surface area contributed by atoms with Crippen LogP contribution < -0.4 is 0 Å². The Labute approximate surface area is 81.7 Å². The Morgan fingerprint density at radius 1 is 1.21 bits per heavy atom. The number of hydrogen-bond donors (Lipinski definition) is 0. The fourth-order valence-electron chi connectivity index (χ4n) is 0.724. The summed E-state index contributed by atoms with van der Waals surface area (Å²) in [7, 11) is 0. The number of Topliss-reactive ketones (excluding diaryl/α,β-unsaturated/α-hetero) is 1. The molecular weight excluding hydrogens is 180 g/mol. The van der Waals surface area contributed by atoms with Crippen LogP contribution in [0.15, 0.2) is 30.3 Å². The van der Waals surface area contributed by atoms with Gasteiger partial charge in [0.15, 0.2) is 0 Å². The first-order valence-electron chi connectivity index (χ1n) is 3.98. The molecule has 0 N–H and O–H groups in total. The molecule has 3 heteroatoms. The van der Waals surface area contributed by atoms with Gasteiger partial charge < -0.3 is 4.74 Å². The van der Waals surface area contributed by atoms with Crippen LogP contribution in [0.25, 0.3) is 0 Å². The number of esters is 1. The predicted octanol–water partition coefficient (Wildman–Crippen LogP) is 1.13. The van der Waals surface area contributed by atoms with Crippen LogP contribution in [0.2, 0.25) is 0 Å². The highest BCUT2D eigenvalue weighted by Crippen LogP contribution is 1.94. The minimum Gasteiger partial charge on any atom is -0.366 e. The lowest BCUT2D eigenvalue weighted by Crippen LogP contribution is -2.10. The Bertz CT molecular complexity index is 396. The quantitative estimate of drug-likeness (QED) is 0.377. The fourth-order valence-corrected chi connectivity index (χ4v) is 0.724. The van der Waals surface area contributed by atoms with Crippen LogP contribution >= 0.6 is 0 Å². The molecule has 0 aliphatic heterocycles. The van der Waals surface area contributed by atoms with Crippen molar-refractivity contribution < 1.29 is 14.3 Å². The van der Waals surface area contributed by atoms with Gasteiger partial charge in [0, 0.05) is 12.5 Å². The second-order valence-electron chi connectivity index (χ2n) is 2.54. The van der Waals surface area contributed by atoms with Crippen molar-refractivity contribution in [2.24, 2.45) is 0 Å². The van der Waals surface area contributed by atoms with Gasteiger partial charge >= 0.3 is 5.97 Å². The van der Waals surface area contributed by atoms with Crippen molar-refractivity contribution in [3.63, 3.8) is 0 Å². The van der Waals surface area contributed by atoms with E-state index < -0.39 is 11.8 Å². The largest absolute Gasteiger partial charge is 0.388 e. The zero-order chi connectivity index (χ0) is 10.4. The van der Waals surface area contributed by atoms with Crippen molar-refractivity contribution in [1.82, 2.24) is 0 Å². The maximum Gasteiger partial charge on any atom is 0.388 e. The van der Waals surface area contributed by atoms with Crippen LogP contribution in [0.1, 0.15) is 12.5 Å². The van der Waals surface area contributed by atoms with E-state index >= 15 is 0 Å². The molecule has 1 aromatic carbocycles. The highest BCUT2D eigenvalue weighted by Gasteiger charge is 2.06. The molecule has 0 aliphatic rings. The molecule has 0 saturated heterocycles. The highest BCUT2D eigenvalue weighted by atomic mass is 16.5. The number of ether oxygens (including phenoxy) is 1. The van der Waals surface area contributed by atoms with Gasteiger partial charge in [0.2, 0.25) is 5.78 Å². The summed E-state index contributed by atoms with van der Waals surface area (Å²) in [5.41, 5.74) is 0.726. The molecule has 0 unspecified atom stereocenters. The Hall–Kier alpha value is -2.08. The standard InChI is InChI=1S/C11H8O3/c1-9(12)11(13)14-8-7-10-5-3-2-4-6-10/h2-6H,1H3. The average molecular weight is 188 g/mol. The van der Waals surface area contributed by atoms with Crippen molar-refractivity contribution in [3.8, 4) is 12.0 Å². The summed E-state index contributed by atoms with van der Waals surface area (Å²) in [4.78, 5) is 21.1. The number of rotatable bonds is 1. The van der Waals surface area contributed by atoms with Crippen LogP contribution in [-0.2, 0) is 14.3 Å². The second-order valence-corrected chi connectivity index (χ2v) is 2.54. The lowest BCUT2D eigenvalue weighted by molar-refractivity contribution is -0.147. The molecule has 14 heavy (non-hydrogen) atoms. The smallest absolute Gasteiger partial charge is 0.366 e. The summed E-state index contributed by atoms with van der Waals surface area (Å²) in [6.07, 6.45) is 2.16. The first-order chi connectivity index (χ1) is 6.70. The molecular formula is C11H8O3. The van der Waals surface area contributed by atoms with Crippen LogP contribution in [-0.4, -0.2) is 11.8 Å². The normalized spacial score (nSPS) is 8.36. The van der Waals surface area contributed by atoms with Crippen molar-refractivity contribution in [2.75, 3.05) is 0 Å². The molecule has 1 aromatic rings. The van der Waals surface area contributed by atoms with Gasteiger partial charge in [-0.15, -0.1) is 0 Å². The minimum absolute atomic E-state index is 0.660. The predicted molar refractivity (Wildman–Crippen MR) is 50.1 cm³/mol. The summed E-state index contributed by atoms with van der Waals surface area (Å²) < 4.78 is 4.36. The summed E-state index contributed by atoms with van der Waals surface area (Å²) in [6.45, 7) is 1.13. The maximum atomic E-state index is 10.7. The average Bonchev–Trinajstić information content (AvgIpc) is 2.19. The van der Waals surface area contributed by atoms with Gasteiger partial charge in [-0.3, -0.25) is 4.79 Å². The lowest BCUT2D eigenvalue weighted by atomic mass is 10.2. The molecule has 1 rings (SSSR count). The van der Waals surface area contributed by atoms with Crippen molar-refractivity contribution in [2.45, 2.75) is 6.92 Å². The molecule has 0 amide bonds. The van der Waals surface area contributed by atoms with Crippen LogP contribution in [0.3, 0.4) is 0 Å². The first kappa shape index (κ1) is 10.0. The molecule has 0 spiro atoms. The summed E-state index contributed by atoms with van der Waals surface area (Å²) in [5.74, 6) is 0.989. The third-order valence-corrected chi connectivity index (χ3v) is 1.40. The number of ketones is 1. The van der Waals surface area contributed by atoms with E-state index in [1.165, 1.54) is 0 Å². The molecule has 0 radical (unpaired) electrons. The molecule has 0 aromatic heterocycles. The van der Waals surface area contributed by atoms with Crippen LogP contribution in [0.4, 0.5) is 0 Å². The zero-order valence-corrected chi connectivity index (χ0v) is 7.61. The van der Waals surface area contributed by atoms with E-state index in [-0.39, 0.29) is 0 Å². The van der Waals surface area contributed by atoms with Gasteiger partial charge in [0.25, 0.3) is 0 Å². The SMILES string of the molecule is CC(=O)C(=O)OC#Cc1ccccc1. The van der Waals surface area contributed by atoms with Gasteiger partial charge in [-0.25, -0.2) is 4.79 Å². The first-order valence-corrected chi connectivity index (χ1v) is 3.98. The van der Waals surface area contributed by atoms with Crippen molar-refractivity contribution in [1.29, 1.82) is 0 Å². The minimum atomic E-state index is -0.937. The Balaban J connectivity index is 2.58. The summed E-state index contributed by atoms with van der Waals surface area (Å²) in [6, 6.07) is 9.03. The Morgan fingerprint density at radius 2 is 1.86 bits per heavy atom. The molecule has 0 bridgehead atoms. The summed E-state index contributed by atoms with van der Waals surface area (Å²) >= 11 is 0. The number of carbonyl (C=O) groups excluding carboxylic acids is 2. The molecule has 0 saturated carbocycles. The van der Waals surface area contributed by atoms with E-state index in [4.69, 9.17) is 0 Å². The molecule has 0 fully saturated rings. The number of hydrogen-bond acceptors (Lipinski definition) is 3. The molecule has 0 aliphatic carbocycles. The van der Waals surface area contributed by atoms with E-state index in [9.17, 15) is 9.59 Å². The third kappa shape index (κ3) is 3.11. The maximum absolute atomic E-state index is 10.7. The Kier molecular flexibility index (Phi) is 3.45. The number of benzene rings is 1. The van der Waals surface area contributed by atoms with Gasteiger partial charge in [0.1, 0.15) is 6.11 Å². The topological polar surface area (TPSA) is 43.4 Å². The monoisotopic (exact) mass is 188 g/mol. The molecule has 3 nitrogen and oxygen atoms in total. The van der Waals surface area contributed by atoms with E-state index in [2.05, 4.69) is 16.8 Å². The fraction of sp³-hybridized carbons (Fsp3) is 0.0909. The van der Waals surface area contributed by atoms with Crippen molar-refractivity contribution in [3.05, 3.63) is 35.9 Å².